The molecular weight excluding hydrogens is 198 g/mol. The zero-order valence-corrected chi connectivity index (χ0v) is 8.64. The van der Waals surface area contributed by atoms with Crippen molar-refractivity contribution >= 4 is 0 Å². The molecule has 0 bridgehead atoms. The van der Waals surface area contributed by atoms with E-state index in [9.17, 15) is 0 Å². The maximum Gasteiger partial charge on any atom is 0.243 e. The van der Waals surface area contributed by atoms with E-state index in [4.69, 9.17) is 14.4 Å². The summed E-state index contributed by atoms with van der Waals surface area (Å²) < 4.78 is 10.3. The Kier molecular flexibility index (Phi) is 3.30. The van der Waals surface area contributed by atoms with E-state index in [1.54, 1.807) is 7.11 Å². The lowest BCUT2D eigenvalue weighted by atomic mass is 10.2. The highest BCUT2D eigenvalue weighted by atomic mass is 16.5. The number of aliphatic hydroxyl groups is 1. The number of aromatic nitrogens is 2. The molecule has 0 aromatic carbocycles. The first-order valence-electron chi connectivity index (χ1n) is 5.03. The SMILES string of the molecule is CO[C@@H]1CN[C@@H](c2nc(CCO)no2)C1. The third-order valence-electron chi connectivity index (χ3n) is 2.54. The number of aliphatic hydroxyl groups excluding tert-OH is 1. The normalized spacial score (nSPS) is 26.0. The van der Waals surface area contributed by atoms with Crippen molar-refractivity contribution in [2.24, 2.45) is 0 Å². The minimum Gasteiger partial charge on any atom is -0.396 e. The van der Waals surface area contributed by atoms with Crippen LogP contribution in [0.1, 0.15) is 24.2 Å². The molecule has 1 aliphatic rings. The van der Waals surface area contributed by atoms with Gasteiger partial charge in [-0.2, -0.15) is 4.98 Å². The van der Waals surface area contributed by atoms with Gasteiger partial charge in [0.05, 0.1) is 18.8 Å². The van der Waals surface area contributed by atoms with Crippen LogP contribution in [0.5, 0.6) is 0 Å². The quantitative estimate of drug-likeness (QED) is 0.711. The fraction of sp³-hybridized carbons (Fsp3) is 0.778. The van der Waals surface area contributed by atoms with E-state index < -0.39 is 0 Å². The summed E-state index contributed by atoms with van der Waals surface area (Å²) in [7, 11) is 1.69. The number of rotatable bonds is 4. The number of hydrogen-bond donors (Lipinski definition) is 2. The summed E-state index contributed by atoms with van der Waals surface area (Å²) in [5.41, 5.74) is 0. The van der Waals surface area contributed by atoms with Crippen LogP contribution in [0.4, 0.5) is 0 Å². The van der Waals surface area contributed by atoms with E-state index in [2.05, 4.69) is 15.5 Å². The van der Waals surface area contributed by atoms with E-state index in [0.717, 1.165) is 13.0 Å². The Bertz CT molecular complexity index is 315. The Morgan fingerprint density at radius 3 is 3.20 bits per heavy atom. The minimum absolute atomic E-state index is 0.0394. The van der Waals surface area contributed by atoms with Crippen LogP contribution in [-0.4, -0.2) is 41.6 Å². The Labute approximate surface area is 87.6 Å². The van der Waals surface area contributed by atoms with Crippen LogP contribution in [0.3, 0.4) is 0 Å². The molecular formula is C9H15N3O3. The topological polar surface area (TPSA) is 80.4 Å². The van der Waals surface area contributed by atoms with Gasteiger partial charge in [0.2, 0.25) is 5.89 Å². The molecule has 15 heavy (non-hydrogen) atoms. The van der Waals surface area contributed by atoms with Gasteiger partial charge in [-0.25, -0.2) is 0 Å². The molecule has 1 aromatic heterocycles. The first kappa shape index (κ1) is 10.5. The lowest BCUT2D eigenvalue weighted by Gasteiger charge is -2.04. The molecule has 2 heterocycles. The van der Waals surface area contributed by atoms with Gasteiger partial charge in [-0.15, -0.1) is 0 Å². The van der Waals surface area contributed by atoms with Gasteiger partial charge in [0.25, 0.3) is 0 Å². The van der Waals surface area contributed by atoms with Crippen molar-refractivity contribution in [3.8, 4) is 0 Å². The van der Waals surface area contributed by atoms with Crippen molar-refractivity contribution in [3.63, 3.8) is 0 Å². The third-order valence-corrected chi connectivity index (χ3v) is 2.54. The van der Waals surface area contributed by atoms with Crippen molar-refractivity contribution in [1.82, 2.24) is 15.5 Å². The molecule has 1 saturated heterocycles. The van der Waals surface area contributed by atoms with Gasteiger partial charge in [-0.1, -0.05) is 5.16 Å². The molecule has 0 aliphatic carbocycles. The molecule has 6 heteroatoms. The largest absolute Gasteiger partial charge is 0.396 e. The van der Waals surface area contributed by atoms with Gasteiger partial charge in [-0.3, -0.25) is 0 Å². The number of hydrogen-bond acceptors (Lipinski definition) is 6. The van der Waals surface area contributed by atoms with Gasteiger partial charge < -0.3 is 19.7 Å². The third kappa shape index (κ3) is 2.34. The Morgan fingerprint density at radius 2 is 2.53 bits per heavy atom. The maximum atomic E-state index is 8.72. The highest BCUT2D eigenvalue weighted by Gasteiger charge is 2.29. The van der Waals surface area contributed by atoms with Crippen LogP contribution in [0.25, 0.3) is 0 Å². The lowest BCUT2D eigenvalue weighted by molar-refractivity contribution is 0.116. The fourth-order valence-corrected chi connectivity index (χ4v) is 1.68. The predicted octanol–water partition coefficient (Wildman–Crippen LogP) is -0.346. The summed E-state index contributed by atoms with van der Waals surface area (Å²) >= 11 is 0. The fourth-order valence-electron chi connectivity index (χ4n) is 1.68. The van der Waals surface area contributed by atoms with Crippen molar-refractivity contribution in [2.75, 3.05) is 20.3 Å². The second kappa shape index (κ2) is 4.69. The summed E-state index contributed by atoms with van der Waals surface area (Å²) in [4.78, 5) is 4.19. The predicted molar refractivity (Wildman–Crippen MR) is 51.2 cm³/mol. The molecule has 1 fully saturated rings. The zero-order valence-electron chi connectivity index (χ0n) is 8.64. The number of nitrogens with zero attached hydrogens (tertiary/aromatic N) is 2. The average molecular weight is 213 g/mol. The van der Waals surface area contributed by atoms with Crippen LogP contribution >= 0.6 is 0 Å². The summed E-state index contributed by atoms with van der Waals surface area (Å²) in [5.74, 6) is 1.13. The Hall–Kier alpha value is -0.980. The number of nitrogens with one attached hydrogen (secondary N) is 1. The average Bonchev–Trinajstić information content (AvgIpc) is 2.85. The van der Waals surface area contributed by atoms with Gasteiger partial charge in [0.15, 0.2) is 5.82 Å². The second-order valence-electron chi connectivity index (χ2n) is 3.58. The van der Waals surface area contributed by atoms with Crippen LogP contribution in [0.15, 0.2) is 4.52 Å². The van der Waals surface area contributed by atoms with Crippen molar-refractivity contribution in [2.45, 2.75) is 25.0 Å². The summed E-state index contributed by atoms with van der Waals surface area (Å²) in [6, 6.07) is 0.0786. The summed E-state index contributed by atoms with van der Waals surface area (Å²) in [5, 5.41) is 15.7. The van der Waals surface area contributed by atoms with Crippen molar-refractivity contribution in [3.05, 3.63) is 11.7 Å². The molecule has 0 spiro atoms. The Balaban J connectivity index is 1.97. The first-order valence-corrected chi connectivity index (χ1v) is 5.03. The molecule has 0 saturated carbocycles. The van der Waals surface area contributed by atoms with Gasteiger partial charge in [0.1, 0.15) is 0 Å². The monoisotopic (exact) mass is 213 g/mol. The molecule has 2 N–H and O–H groups in total. The second-order valence-corrected chi connectivity index (χ2v) is 3.58. The number of ether oxygens (including phenoxy) is 1. The molecule has 0 radical (unpaired) electrons. The lowest BCUT2D eigenvalue weighted by Crippen LogP contribution is -2.16. The molecule has 6 nitrogen and oxygen atoms in total. The van der Waals surface area contributed by atoms with E-state index in [1.165, 1.54) is 0 Å². The molecule has 1 aliphatic heterocycles. The first-order chi connectivity index (χ1) is 7.33. The van der Waals surface area contributed by atoms with Crippen molar-refractivity contribution in [1.29, 1.82) is 0 Å². The standard InChI is InChI=1S/C9H15N3O3/c1-14-6-4-7(10-5-6)9-11-8(2-3-13)12-15-9/h6-7,10,13H,2-5H2,1H3/t6-,7+/m0/s1. The highest BCUT2D eigenvalue weighted by Crippen LogP contribution is 2.23. The summed E-state index contributed by atoms with van der Waals surface area (Å²) in [6.07, 6.45) is 1.49. The van der Waals surface area contributed by atoms with Gasteiger partial charge in [-0.05, 0) is 6.42 Å². The molecule has 1 aromatic rings. The van der Waals surface area contributed by atoms with E-state index in [0.29, 0.717) is 18.1 Å². The highest BCUT2D eigenvalue weighted by molar-refractivity contribution is 4.97. The Morgan fingerprint density at radius 1 is 1.67 bits per heavy atom. The number of methoxy groups -OCH3 is 1. The van der Waals surface area contributed by atoms with Gasteiger partial charge >= 0.3 is 0 Å². The molecule has 2 rings (SSSR count). The van der Waals surface area contributed by atoms with Gasteiger partial charge in [0, 0.05) is 20.1 Å². The van der Waals surface area contributed by atoms with Crippen LogP contribution in [0.2, 0.25) is 0 Å². The van der Waals surface area contributed by atoms with E-state index in [1.807, 2.05) is 0 Å². The van der Waals surface area contributed by atoms with E-state index in [-0.39, 0.29) is 18.8 Å². The summed E-state index contributed by atoms with van der Waals surface area (Å²) in [6.45, 7) is 0.844. The van der Waals surface area contributed by atoms with Crippen LogP contribution < -0.4 is 5.32 Å². The van der Waals surface area contributed by atoms with Crippen LogP contribution in [0, 0.1) is 0 Å². The smallest absolute Gasteiger partial charge is 0.243 e. The minimum atomic E-state index is 0.0394. The molecule has 84 valence electrons. The van der Waals surface area contributed by atoms with Crippen molar-refractivity contribution < 1.29 is 14.4 Å². The zero-order chi connectivity index (χ0) is 10.7. The molecule has 2 atom stereocenters. The molecule has 0 unspecified atom stereocenters. The van der Waals surface area contributed by atoms with Crippen LogP contribution in [-0.2, 0) is 11.2 Å². The maximum absolute atomic E-state index is 8.72. The molecule has 0 amide bonds. The van der Waals surface area contributed by atoms with E-state index >= 15 is 0 Å².